The van der Waals surface area contributed by atoms with Crippen molar-refractivity contribution in [2.75, 3.05) is 6.54 Å². The van der Waals surface area contributed by atoms with Crippen molar-refractivity contribution < 1.29 is 29.0 Å². The van der Waals surface area contributed by atoms with E-state index in [2.05, 4.69) is 42.0 Å². The zero-order valence-corrected chi connectivity index (χ0v) is 27.5. The van der Waals surface area contributed by atoms with Gasteiger partial charge in [-0.2, -0.15) is 4.80 Å². The lowest BCUT2D eigenvalue weighted by Gasteiger charge is -2.30. The molecule has 1 aromatic carbocycles. The summed E-state index contributed by atoms with van der Waals surface area (Å²) in [6, 6.07) is 3.23. The monoisotopic (exact) mass is 685 g/mol. The van der Waals surface area contributed by atoms with Gasteiger partial charge in [0.1, 0.15) is 23.2 Å². The number of hydrogen-bond donors (Lipinski definition) is 3. The molecule has 3 aliphatic rings. The van der Waals surface area contributed by atoms with Gasteiger partial charge in [0.2, 0.25) is 17.6 Å². The van der Waals surface area contributed by atoms with Crippen molar-refractivity contribution in [3.8, 4) is 11.4 Å². The number of carbonyl (C=O) groups is 4. The molecule has 0 bridgehead atoms. The topological polar surface area (TPSA) is 169 Å². The van der Waals surface area contributed by atoms with Gasteiger partial charge >= 0.3 is 12.1 Å². The number of nitrogens with zero attached hydrogens (tertiary/aromatic N) is 5. The van der Waals surface area contributed by atoms with Gasteiger partial charge in [0.05, 0.1) is 6.04 Å². The standard InChI is InChI=1S/C31H40BrN7O6/c1-18-14-19(12-13-22(18)32)25-35-37-39(36-25)21-15-24-26(40)34-31(28(42)43)16-20(31)10-8-6-5-7-9-11-23(27(41)38(24)17-21)33-29(44)45-30(2,3)4/h8,10,12-14,20-21,23-24H,5-7,9,11,15-17H2,1-4H3,(H,33,44)(H,34,40)(H,42,43)/b10-8-/t20-,21+,23-,24-,31+/m0/s1. The van der Waals surface area contributed by atoms with E-state index >= 15 is 0 Å². The summed E-state index contributed by atoms with van der Waals surface area (Å²) < 4.78 is 6.40. The largest absolute Gasteiger partial charge is 0.479 e. The number of nitrogens with one attached hydrogen (secondary N) is 2. The number of benzene rings is 1. The van der Waals surface area contributed by atoms with Gasteiger partial charge in [0.15, 0.2) is 0 Å². The molecule has 3 N–H and O–H groups in total. The number of carbonyl (C=O) groups excluding carboxylic acids is 3. The van der Waals surface area contributed by atoms with Crippen LogP contribution in [0.25, 0.3) is 11.4 Å². The molecule has 1 aliphatic carbocycles. The molecule has 13 nitrogen and oxygen atoms in total. The number of tetrazole rings is 1. The van der Waals surface area contributed by atoms with Crippen LogP contribution < -0.4 is 10.6 Å². The molecular weight excluding hydrogens is 646 g/mol. The van der Waals surface area contributed by atoms with Gasteiger partial charge in [-0.3, -0.25) is 9.59 Å². The van der Waals surface area contributed by atoms with Crippen LogP contribution in [0, 0.1) is 12.8 Å². The Hall–Kier alpha value is -3.81. The summed E-state index contributed by atoms with van der Waals surface area (Å²) in [6.07, 6.45) is 6.94. The zero-order chi connectivity index (χ0) is 32.5. The molecule has 0 spiro atoms. The van der Waals surface area contributed by atoms with Gasteiger partial charge < -0.3 is 25.4 Å². The minimum Gasteiger partial charge on any atom is -0.479 e. The maximum Gasteiger partial charge on any atom is 0.408 e. The second-order valence-corrected chi connectivity index (χ2v) is 14.0. The van der Waals surface area contributed by atoms with E-state index in [1.807, 2.05) is 37.3 Å². The van der Waals surface area contributed by atoms with Gasteiger partial charge in [-0.05, 0) is 82.4 Å². The van der Waals surface area contributed by atoms with Crippen LogP contribution in [0.4, 0.5) is 4.79 Å². The number of amides is 3. The number of alkyl carbamates (subject to hydrolysis) is 1. The third-order valence-corrected chi connectivity index (χ3v) is 9.39. The first-order chi connectivity index (χ1) is 21.3. The molecule has 1 aromatic heterocycles. The molecule has 5 atom stereocenters. The second kappa shape index (κ2) is 12.9. The molecule has 0 unspecified atom stereocenters. The summed E-state index contributed by atoms with van der Waals surface area (Å²) >= 11 is 3.50. The highest BCUT2D eigenvalue weighted by atomic mass is 79.9. The molecule has 2 aliphatic heterocycles. The lowest BCUT2D eigenvalue weighted by molar-refractivity contribution is -0.145. The highest BCUT2D eigenvalue weighted by Crippen LogP contribution is 2.45. The maximum absolute atomic E-state index is 14.2. The molecule has 2 aromatic rings. The molecule has 5 rings (SSSR count). The van der Waals surface area contributed by atoms with Crippen molar-refractivity contribution in [1.29, 1.82) is 0 Å². The second-order valence-electron chi connectivity index (χ2n) is 13.1. The third kappa shape index (κ3) is 7.37. The van der Waals surface area contributed by atoms with Crippen molar-refractivity contribution in [1.82, 2.24) is 35.7 Å². The van der Waals surface area contributed by atoms with Crippen LogP contribution in [0.1, 0.15) is 77.3 Å². The number of allylic oxidation sites excluding steroid dienone is 1. The van der Waals surface area contributed by atoms with Crippen LogP contribution in [0.15, 0.2) is 34.8 Å². The summed E-state index contributed by atoms with van der Waals surface area (Å²) in [5.41, 5.74) is -0.424. The van der Waals surface area contributed by atoms with Crippen molar-refractivity contribution in [3.63, 3.8) is 0 Å². The van der Waals surface area contributed by atoms with Gasteiger partial charge in [-0.1, -0.05) is 40.9 Å². The Balaban J connectivity index is 1.45. The van der Waals surface area contributed by atoms with Crippen LogP contribution in [0.3, 0.4) is 0 Å². The van der Waals surface area contributed by atoms with Gasteiger partial charge in [-0.25, -0.2) is 9.59 Å². The van der Waals surface area contributed by atoms with E-state index in [-0.39, 0.29) is 25.3 Å². The molecular formula is C31H40BrN7O6. The van der Waals surface area contributed by atoms with Crippen LogP contribution >= 0.6 is 15.9 Å². The number of carboxylic acids is 1. The first kappa shape index (κ1) is 32.6. The Kier molecular flexibility index (Phi) is 9.33. The smallest absolute Gasteiger partial charge is 0.408 e. The lowest BCUT2D eigenvalue weighted by Crippen LogP contribution is -2.56. The number of aliphatic carboxylic acids is 1. The van der Waals surface area contributed by atoms with E-state index in [0.717, 1.165) is 34.9 Å². The highest BCUT2D eigenvalue weighted by Gasteiger charge is 2.61. The number of aryl methyl sites for hydroxylation is 1. The predicted molar refractivity (Wildman–Crippen MR) is 167 cm³/mol. The Bertz CT molecular complexity index is 1500. The summed E-state index contributed by atoms with van der Waals surface area (Å²) in [5.74, 6) is -2.07. The Morgan fingerprint density at radius 2 is 1.98 bits per heavy atom. The predicted octanol–water partition coefficient (Wildman–Crippen LogP) is 3.93. The number of rotatable bonds is 4. The van der Waals surface area contributed by atoms with Crippen LogP contribution in [-0.2, 0) is 19.1 Å². The molecule has 1 saturated carbocycles. The third-order valence-electron chi connectivity index (χ3n) is 8.50. The van der Waals surface area contributed by atoms with E-state index < -0.39 is 53.1 Å². The van der Waals surface area contributed by atoms with Gasteiger partial charge in [0.25, 0.3) is 0 Å². The quantitative estimate of drug-likeness (QED) is 0.404. The van der Waals surface area contributed by atoms with Crippen LogP contribution in [-0.4, -0.2) is 83.9 Å². The fourth-order valence-electron chi connectivity index (χ4n) is 5.97. The van der Waals surface area contributed by atoms with E-state index in [4.69, 9.17) is 4.74 Å². The molecule has 14 heteroatoms. The first-order valence-corrected chi connectivity index (χ1v) is 16.1. The molecule has 2 fully saturated rings. The van der Waals surface area contributed by atoms with E-state index in [9.17, 15) is 24.3 Å². The van der Waals surface area contributed by atoms with E-state index in [1.54, 1.807) is 20.8 Å². The Labute approximate surface area is 270 Å². The molecule has 3 amide bonds. The highest BCUT2D eigenvalue weighted by molar-refractivity contribution is 9.10. The van der Waals surface area contributed by atoms with Gasteiger partial charge in [0, 0.05) is 28.9 Å². The summed E-state index contributed by atoms with van der Waals surface area (Å²) in [5, 5.41) is 28.6. The number of ether oxygens (including phenoxy) is 1. The average molecular weight is 687 g/mol. The maximum atomic E-state index is 14.2. The minimum absolute atomic E-state index is 0.0714. The molecule has 242 valence electrons. The number of halogens is 1. The normalized spacial score (nSPS) is 28.2. The number of fused-ring (bicyclic) bond motifs is 2. The summed E-state index contributed by atoms with van der Waals surface area (Å²) in [7, 11) is 0. The van der Waals surface area contributed by atoms with E-state index in [0.29, 0.717) is 18.7 Å². The van der Waals surface area contributed by atoms with Crippen molar-refractivity contribution >= 4 is 39.8 Å². The minimum atomic E-state index is -1.42. The fraction of sp³-hybridized carbons (Fsp3) is 0.581. The molecule has 1 saturated heterocycles. The lowest BCUT2D eigenvalue weighted by atomic mass is 10.0. The summed E-state index contributed by atoms with van der Waals surface area (Å²) in [6.45, 7) is 7.24. The fourth-order valence-corrected chi connectivity index (χ4v) is 6.22. The molecule has 0 radical (unpaired) electrons. The van der Waals surface area contributed by atoms with Crippen LogP contribution in [0.2, 0.25) is 0 Å². The van der Waals surface area contributed by atoms with E-state index in [1.165, 1.54) is 9.70 Å². The summed E-state index contributed by atoms with van der Waals surface area (Å²) in [4.78, 5) is 56.0. The zero-order valence-electron chi connectivity index (χ0n) is 26.0. The Morgan fingerprint density at radius 1 is 1.20 bits per heavy atom. The van der Waals surface area contributed by atoms with Crippen LogP contribution in [0.5, 0.6) is 0 Å². The molecule has 3 heterocycles. The van der Waals surface area contributed by atoms with Crippen molar-refractivity contribution in [2.24, 2.45) is 5.92 Å². The van der Waals surface area contributed by atoms with Gasteiger partial charge in [-0.15, -0.1) is 10.2 Å². The molecule has 45 heavy (non-hydrogen) atoms. The van der Waals surface area contributed by atoms with Crippen molar-refractivity contribution in [2.45, 2.75) is 102 Å². The Morgan fingerprint density at radius 3 is 2.69 bits per heavy atom. The number of hydrogen-bond acceptors (Lipinski definition) is 8. The number of aromatic nitrogens is 4. The first-order valence-electron chi connectivity index (χ1n) is 15.4. The number of carboxylic acid groups (broad SMARTS) is 1. The average Bonchev–Trinajstić information content (AvgIpc) is 3.28. The van der Waals surface area contributed by atoms with Crippen molar-refractivity contribution in [3.05, 3.63) is 40.4 Å². The SMILES string of the molecule is Cc1cc(-c2nnn([C@@H]3C[C@H]4C(=O)N[C@]5(C(=O)O)C[C@@H]5/C=C\CCCCC[C@H](NC(=O)OC(C)(C)C)C(=O)N4C3)n2)ccc1Br.